The van der Waals surface area contributed by atoms with E-state index in [9.17, 15) is 9.59 Å². The second-order valence-corrected chi connectivity index (χ2v) is 9.21. The zero-order valence-electron chi connectivity index (χ0n) is 17.9. The van der Waals surface area contributed by atoms with Crippen molar-refractivity contribution in [1.82, 2.24) is 14.5 Å². The molecule has 2 amide bonds. The Labute approximate surface area is 190 Å². The molecule has 6 nitrogen and oxygen atoms in total. The molecule has 1 aliphatic heterocycles. The van der Waals surface area contributed by atoms with Crippen LogP contribution in [-0.2, 0) is 25.9 Å². The number of rotatable bonds is 4. The first-order chi connectivity index (χ1) is 15.6. The number of amides is 2. The normalized spacial score (nSPS) is 13.2. The molecule has 0 bridgehead atoms. The summed E-state index contributed by atoms with van der Waals surface area (Å²) in [5, 5.41) is 3.69. The summed E-state index contributed by atoms with van der Waals surface area (Å²) >= 11 is 1.52. The predicted molar refractivity (Wildman–Crippen MR) is 128 cm³/mol. The lowest BCUT2D eigenvalue weighted by Gasteiger charge is -2.27. The van der Waals surface area contributed by atoms with Crippen molar-refractivity contribution < 1.29 is 4.79 Å². The van der Waals surface area contributed by atoms with E-state index in [1.54, 1.807) is 15.8 Å². The molecule has 0 atom stereocenters. The summed E-state index contributed by atoms with van der Waals surface area (Å²) in [6.07, 6.45) is 3.10. The van der Waals surface area contributed by atoms with Gasteiger partial charge < -0.3 is 10.2 Å². The van der Waals surface area contributed by atoms with Crippen LogP contribution in [0.5, 0.6) is 0 Å². The minimum absolute atomic E-state index is 0.0148. The van der Waals surface area contributed by atoms with Crippen LogP contribution in [-0.4, -0.2) is 27.0 Å². The molecular weight excluding hydrogens is 420 g/mol. The van der Waals surface area contributed by atoms with Crippen LogP contribution in [0.25, 0.3) is 10.2 Å². The Balaban J connectivity index is 1.35. The highest BCUT2D eigenvalue weighted by Crippen LogP contribution is 2.32. The van der Waals surface area contributed by atoms with Gasteiger partial charge in [0.05, 0.1) is 18.3 Å². The fourth-order valence-corrected chi connectivity index (χ4v) is 5.28. The summed E-state index contributed by atoms with van der Waals surface area (Å²) in [5.74, 6) is 0. The lowest BCUT2D eigenvalue weighted by atomic mass is 10.1. The highest BCUT2D eigenvalue weighted by atomic mass is 32.1. The van der Waals surface area contributed by atoms with E-state index < -0.39 is 0 Å². The summed E-state index contributed by atoms with van der Waals surface area (Å²) < 4.78 is 1.71. The van der Waals surface area contributed by atoms with Crippen LogP contribution in [0.4, 0.5) is 10.5 Å². The molecule has 1 N–H and O–H groups in total. The van der Waals surface area contributed by atoms with Crippen LogP contribution < -0.4 is 10.9 Å². The van der Waals surface area contributed by atoms with Crippen molar-refractivity contribution in [3.8, 4) is 0 Å². The molecule has 4 aromatic rings. The van der Waals surface area contributed by atoms with Crippen LogP contribution in [0.1, 0.15) is 21.6 Å². The molecule has 0 unspecified atom stereocenters. The topological polar surface area (TPSA) is 67.2 Å². The van der Waals surface area contributed by atoms with Crippen LogP contribution in [0, 0.1) is 6.92 Å². The lowest BCUT2D eigenvalue weighted by Crippen LogP contribution is -2.38. The van der Waals surface area contributed by atoms with Crippen molar-refractivity contribution in [1.29, 1.82) is 0 Å². The second-order valence-electron chi connectivity index (χ2n) is 8.13. The average molecular weight is 445 g/mol. The van der Waals surface area contributed by atoms with Crippen molar-refractivity contribution >= 4 is 33.3 Å². The maximum Gasteiger partial charge on any atom is 0.322 e. The molecule has 7 heteroatoms. The summed E-state index contributed by atoms with van der Waals surface area (Å²) in [5.41, 5.74) is 4.20. The molecule has 0 spiro atoms. The number of thiophene rings is 1. The maximum absolute atomic E-state index is 13.2. The average Bonchev–Trinajstić information content (AvgIpc) is 3.19. The van der Waals surface area contributed by atoms with Gasteiger partial charge >= 0.3 is 6.03 Å². The monoisotopic (exact) mass is 444 g/mol. The minimum Gasteiger partial charge on any atom is -0.319 e. The van der Waals surface area contributed by atoms with Crippen LogP contribution >= 0.6 is 11.3 Å². The Morgan fingerprint density at radius 2 is 1.91 bits per heavy atom. The Morgan fingerprint density at radius 3 is 2.69 bits per heavy atom. The van der Waals surface area contributed by atoms with Gasteiger partial charge in [0, 0.05) is 23.7 Å². The van der Waals surface area contributed by atoms with Gasteiger partial charge in [0.1, 0.15) is 4.83 Å². The summed E-state index contributed by atoms with van der Waals surface area (Å²) in [7, 11) is 0. The van der Waals surface area contributed by atoms with E-state index in [4.69, 9.17) is 0 Å². The molecule has 0 aliphatic carbocycles. The fraction of sp³-hybridized carbons (Fsp3) is 0.240. The zero-order chi connectivity index (χ0) is 22.1. The Hall–Kier alpha value is -3.45. The van der Waals surface area contributed by atoms with E-state index in [0.29, 0.717) is 26.1 Å². The third-order valence-corrected chi connectivity index (χ3v) is 7.03. The van der Waals surface area contributed by atoms with Gasteiger partial charge in [0.15, 0.2) is 0 Å². The van der Waals surface area contributed by atoms with E-state index in [2.05, 4.69) is 22.4 Å². The molecule has 0 fully saturated rings. The van der Waals surface area contributed by atoms with Gasteiger partial charge in [0.25, 0.3) is 5.56 Å². The van der Waals surface area contributed by atoms with E-state index >= 15 is 0 Å². The van der Waals surface area contributed by atoms with Gasteiger partial charge in [-0.1, -0.05) is 48.0 Å². The Bertz CT molecular complexity index is 1330. The second kappa shape index (κ2) is 8.59. The van der Waals surface area contributed by atoms with Crippen molar-refractivity contribution in [2.45, 2.75) is 32.9 Å². The molecule has 0 radical (unpaired) electrons. The number of benzene rings is 2. The van der Waals surface area contributed by atoms with Gasteiger partial charge in [-0.3, -0.25) is 9.36 Å². The number of fused-ring (bicyclic) bond motifs is 3. The number of hydrogen-bond donors (Lipinski definition) is 1. The molecule has 162 valence electrons. The van der Waals surface area contributed by atoms with Gasteiger partial charge in [-0.05, 0) is 43.0 Å². The number of nitrogens with one attached hydrogen (secondary N) is 1. The first kappa shape index (κ1) is 20.5. The number of hydrogen-bond acceptors (Lipinski definition) is 4. The number of anilines is 1. The third kappa shape index (κ3) is 4.03. The van der Waals surface area contributed by atoms with Gasteiger partial charge in [-0.25, -0.2) is 9.78 Å². The molecular formula is C25H24N4O2S. The number of nitrogens with zero attached hydrogens (tertiary/aromatic N) is 3. The fourth-order valence-electron chi connectivity index (χ4n) is 4.09. The van der Waals surface area contributed by atoms with Crippen molar-refractivity contribution in [2.75, 3.05) is 11.9 Å². The highest BCUT2D eigenvalue weighted by Gasteiger charge is 2.26. The number of aryl methyl sites for hydroxylation is 3. The number of carbonyl (C=O) groups is 1. The smallest absolute Gasteiger partial charge is 0.319 e. The SMILES string of the molecule is Cc1ccc(NC(=O)N2CCc3c(sc4ncn(CCc5ccccc5)c(=O)c34)C2)cc1. The van der Waals surface area contributed by atoms with Crippen molar-refractivity contribution in [2.24, 2.45) is 0 Å². The number of aromatic nitrogens is 2. The van der Waals surface area contributed by atoms with Crippen LogP contribution in [0.3, 0.4) is 0 Å². The molecule has 2 aromatic carbocycles. The Morgan fingerprint density at radius 1 is 1.12 bits per heavy atom. The summed E-state index contributed by atoms with van der Waals surface area (Å²) in [4.78, 5) is 34.1. The highest BCUT2D eigenvalue weighted by molar-refractivity contribution is 7.18. The molecule has 5 rings (SSSR count). The van der Waals surface area contributed by atoms with Crippen molar-refractivity contribution in [3.63, 3.8) is 0 Å². The lowest BCUT2D eigenvalue weighted by molar-refractivity contribution is 0.207. The predicted octanol–water partition coefficient (Wildman–Crippen LogP) is 4.60. The first-order valence-corrected chi connectivity index (χ1v) is 11.6. The molecule has 0 saturated carbocycles. The zero-order valence-corrected chi connectivity index (χ0v) is 18.7. The Kier molecular flexibility index (Phi) is 5.49. The molecule has 32 heavy (non-hydrogen) atoms. The molecule has 1 aliphatic rings. The van der Waals surface area contributed by atoms with Gasteiger partial charge in [-0.2, -0.15) is 0 Å². The standard InChI is InChI=1S/C25H24N4O2S/c1-17-7-9-19(10-8-17)27-25(31)28-14-12-20-21(15-28)32-23-22(20)24(30)29(16-26-23)13-11-18-5-3-2-4-6-18/h2-10,16H,11-15H2,1H3,(H,27,31). The van der Waals surface area contributed by atoms with Gasteiger partial charge in [-0.15, -0.1) is 11.3 Å². The van der Waals surface area contributed by atoms with Crippen LogP contribution in [0.15, 0.2) is 65.7 Å². The van der Waals surface area contributed by atoms with E-state index in [-0.39, 0.29) is 11.6 Å². The molecule has 0 saturated heterocycles. The van der Waals surface area contributed by atoms with E-state index in [1.165, 1.54) is 16.9 Å². The maximum atomic E-state index is 13.2. The van der Waals surface area contributed by atoms with Crippen molar-refractivity contribution in [3.05, 3.63) is 92.8 Å². The van der Waals surface area contributed by atoms with Crippen LogP contribution in [0.2, 0.25) is 0 Å². The van der Waals surface area contributed by atoms with Gasteiger partial charge in [0.2, 0.25) is 0 Å². The number of urea groups is 1. The molecule has 2 aromatic heterocycles. The largest absolute Gasteiger partial charge is 0.322 e. The summed E-state index contributed by atoms with van der Waals surface area (Å²) in [6.45, 7) is 3.69. The quantitative estimate of drug-likeness (QED) is 0.500. The van der Waals surface area contributed by atoms with E-state index in [0.717, 1.165) is 38.3 Å². The first-order valence-electron chi connectivity index (χ1n) is 10.7. The molecule has 3 heterocycles. The summed E-state index contributed by atoms with van der Waals surface area (Å²) in [6, 6.07) is 17.8. The third-order valence-electron chi connectivity index (χ3n) is 5.90. The minimum atomic E-state index is -0.120. The van der Waals surface area contributed by atoms with E-state index in [1.807, 2.05) is 49.4 Å². The number of carbonyl (C=O) groups excluding carboxylic acids is 1.